The molecule has 1 aromatic heterocycles. The van der Waals surface area contributed by atoms with Crippen molar-refractivity contribution in [1.29, 1.82) is 0 Å². The maximum atomic E-state index is 13.4. The number of alkyl carbamates (subject to hydrolysis) is 1. The SMILES string of the molecule is CC(C)OC(=O)Nc1ccc(-c2nnc([C@H]3CC[C@H](NC(=O)OC(C)C)CC3)s2)c(S(=O)(=O)NC(C)(C)C)c1. The van der Waals surface area contributed by atoms with E-state index in [-0.39, 0.29) is 34.8 Å². The van der Waals surface area contributed by atoms with E-state index < -0.39 is 27.7 Å². The lowest BCUT2D eigenvalue weighted by atomic mass is 9.86. The van der Waals surface area contributed by atoms with Crippen LogP contribution < -0.4 is 15.4 Å². The standard InChI is InChI=1S/C26H39N5O6S2/c1-15(2)36-24(32)27-18-10-8-17(9-11-18)22-29-30-23(38-22)20-13-12-19(28-25(33)37-16(3)4)14-21(20)39(34,35)31-26(5,6)7/h12-18,31H,8-11H2,1-7H3,(H,27,32)(H,28,33)/t17-,18-. The van der Waals surface area contributed by atoms with Crippen molar-refractivity contribution in [2.24, 2.45) is 0 Å². The first-order chi connectivity index (χ1) is 18.1. The fraction of sp³-hybridized carbons (Fsp3) is 0.615. The van der Waals surface area contributed by atoms with Crippen LogP contribution in [0, 0.1) is 0 Å². The Kier molecular flexibility index (Phi) is 9.94. The first kappa shape index (κ1) is 30.8. The van der Waals surface area contributed by atoms with E-state index in [1.807, 2.05) is 13.8 Å². The zero-order valence-electron chi connectivity index (χ0n) is 23.5. The summed E-state index contributed by atoms with van der Waals surface area (Å²) in [6.45, 7) is 12.3. The summed E-state index contributed by atoms with van der Waals surface area (Å²) in [5.74, 6) is 0.162. The van der Waals surface area contributed by atoms with Crippen molar-refractivity contribution in [2.45, 2.75) is 109 Å². The van der Waals surface area contributed by atoms with Crippen LogP contribution in [-0.2, 0) is 19.5 Å². The highest BCUT2D eigenvalue weighted by Gasteiger charge is 2.30. The van der Waals surface area contributed by atoms with Gasteiger partial charge in [0.2, 0.25) is 10.0 Å². The van der Waals surface area contributed by atoms with E-state index in [1.54, 1.807) is 46.8 Å². The van der Waals surface area contributed by atoms with Gasteiger partial charge in [0.1, 0.15) is 10.0 Å². The molecular formula is C26H39N5O6S2. The Bertz CT molecular complexity index is 1260. The number of anilines is 1. The molecule has 1 saturated carbocycles. The molecule has 1 aromatic carbocycles. The molecule has 0 spiro atoms. The summed E-state index contributed by atoms with van der Waals surface area (Å²) in [5, 5.41) is 15.5. The number of nitrogens with zero attached hydrogens (tertiary/aromatic N) is 2. The second kappa shape index (κ2) is 12.6. The third-order valence-electron chi connectivity index (χ3n) is 5.71. The van der Waals surface area contributed by atoms with Gasteiger partial charge in [-0.15, -0.1) is 10.2 Å². The maximum Gasteiger partial charge on any atom is 0.411 e. The number of carbonyl (C=O) groups is 2. The van der Waals surface area contributed by atoms with Gasteiger partial charge in [0, 0.05) is 28.7 Å². The molecule has 1 heterocycles. The number of hydrogen-bond donors (Lipinski definition) is 3. The van der Waals surface area contributed by atoms with E-state index in [4.69, 9.17) is 9.47 Å². The third kappa shape index (κ3) is 9.14. The maximum absolute atomic E-state index is 13.4. The number of ether oxygens (including phenoxy) is 2. The molecule has 2 aromatic rings. The molecule has 0 atom stereocenters. The van der Waals surface area contributed by atoms with E-state index in [9.17, 15) is 18.0 Å². The Morgan fingerprint density at radius 1 is 0.974 bits per heavy atom. The third-order valence-corrected chi connectivity index (χ3v) is 8.63. The zero-order chi connectivity index (χ0) is 29.0. The molecule has 0 radical (unpaired) electrons. The molecule has 0 unspecified atom stereocenters. The minimum atomic E-state index is -3.98. The van der Waals surface area contributed by atoms with Crippen LogP contribution in [-0.4, -0.2) is 54.6 Å². The van der Waals surface area contributed by atoms with E-state index >= 15 is 0 Å². The van der Waals surface area contributed by atoms with Crippen molar-refractivity contribution >= 4 is 39.2 Å². The molecule has 2 amide bonds. The van der Waals surface area contributed by atoms with Crippen molar-refractivity contribution in [3.8, 4) is 10.6 Å². The summed E-state index contributed by atoms with van der Waals surface area (Å²) in [6.07, 6.45) is 1.63. The monoisotopic (exact) mass is 581 g/mol. The average molecular weight is 582 g/mol. The van der Waals surface area contributed by atoms with Crippen molar-refractivity contribution in [3.05, 3.63) is 23.2 Å². The number of sulfonamides is 1. The minimum Gasteiger partial charge on any atom is -0.447 e. The van der Waals surface area contributed by atoms with Crippen LogP contribution in [0.5, 0.6) is 0 Å². The van der Waals surface area contributed by atoms with Gasteiger partial charge in [-0.1, -0.05) is 11.3 Å². The molecule has 3 rings (SSSR count). The lowest BCUT2D eigenvalue weighted by Gasteiger charge is -2.27. The second-order valence-electron chi connectivity index (χ2n) is 11.2. The molecule has 1 aliphatic rings. The van der Waals surface area contributed by atoms with Crippen LogP contribution in [0.1, 0.15) is 85.1 Å². The Morgan fingerprint density at radius 3 is 2.18 bits per heavy atom. The Hall–Kier alpha value is -2.77. The zero-order valence-corrected chi connectivity index (χ0v) is 25.2. The topological polar surface area (TPSA) is 149 Å². The highest BCUT2D eigenvalue weighted by atomic mass is 32.2. The highest BCUT2D eigenvalue weighted by Crippen LogP contribution is 2.38. The molecular weight excluding hydrogens is 542 g/mol. The first-order valence-electron chi connectivity index (χ1n) is 13.1. The molecule has 3 N–H and O–H groups in total. The molecule has 0 aliphatic heterocycles. The van der Waals surface area contributed by atoms with Crippen LogP contribution in [0.15, 0.2) is 23.1 Å². The molecule has 1 fully saturated rings. The number of benzene rings is 1. The van der Waals surface area contributed by atoms with Crippen LogP contribution in [0.25, 0.3) is 10.6 Å². The predicted molar refractivity (Wildman–Crippen MR) is 150 cm³/mol. The van der Waals surface area contributed by atoms with Gasteiger partial charge < -0.3 is 14.8 Å². The molecule has 0 bridgehead atoms. The van der Waals surface area contributed by atoms with E-state index in [2.05, 4.69) is 25.6 Å². The Labute approximate surface area is 234 Å². The molecule has 1 aliphatic carbocycles. The van der Waals surface area contributed by atoms with Gasteiger partial charge in [-0.05, 0) is 92.3 Å². The second-order valence-corrected chi connectivity index (χ2v) is 13.9. The minimum absolute atomic E-state index is 0.0148. The lowest BCUT2D eigenvalue weighted by molar-refractivity contribution is 0.109. The van der Waals surface area contributed by atoms with Gasteiger partial charge in [0.05, 0.1) is 17.1 Å². The van der Waals surface area contributed by atoms with Gasteiger partial charge in [-0.2, -0.15) is 0 Å². The molecule has 216 valence electrons. The fourth-order valence-electron chi connectivity index (χ4n) is 4.23. The summed E-state index contributed by atoms with van der Waals surface area (Å²) in [5.41, 5.74) is -0.0493. The quantitative estimate of drug-likeness (QED) is 0.375. The normalized spacial score (nSPS) is 18.2. The fourth-order valence-corrected chi connectivity index (χ4v) is 7.00. The summed E-state index contributed by atoms with van der Waals surface area (Å²) in [6, 6.07) is 4.68. The summed E-state index contributed by atoms with van der Waals surface area (Å²) in [7, 11) is -3.98. The van der Waals surface area contributed by atoms with Gasteiger partial charge in [0.25, 0.3) is 0 Å². The van der Waals surface area contributed by atoms with Crippen LogP contribution in [0.4, 0.5) is 15.3 Å². The first-order valence-corrected chi connectivity index (χ1v) is 15.4. The Morgan fingerprint density at radius 2 is 1.59 bits per heavy atom. The van der Waals surface area contributed by atoms with Gasteiger partial charge >= 0.3 is 12.2 Å². The summed E-state index contributed by atoms with van der Waals surface area (Å²) in [4.78, 5) is 24.0. The molecule has 0 saturated heterocycles. The highest BCUT2D eigenvalue weighted by molar-refractivity contribution is 7.89. The van der Waals surface area contributed by atoms with Crippen molar-refractivity contribution in [3.63, 3.8) is 0 Å². The van der Waals surface area contributed by atoms with E-state index in [1.165, 1.54) is 17.4 Å². The van der Waals surface area contributed by atoms with Gasteiger partial charge in [-0.3, -0.25) is 5.32 Å². The van der Waals surface area contributed by atoms with Crippen LogP contribution >= 0.6 is 11.3 Å². The predicted octanol–water partition coefficient (Wildman–Crippen LogP) is 5.40. The molecule has 39 heavy (non-hydrogen) atoms. The van der Waals surface area contributed by atoms with Gasteiger partial charge in [0.15, 0.2) is 0 Å². The number of amides is 2. The number of carbonyl (C=O) groups excluding carboxylic acids is 2. The summed E-state index contributed by atoms with van der Waals surface area (Å²) < 4.78 is 39.8. The average Bonchev–Trinajstić information content (AvgIpc) is 3.27. The number of rotatable bonds is 8. The molecule has 11 nitrogen and oxygen atoms in total. The number of hydrogen-bond acceptors (Lipinski definition) is 9. The van der Waals surface area contributed by atoms with Crippen molar-refractivity contribution < 1.29 is 27.5 Å². The number of nitrogens with one attached hydrogen (secondary N) is 3. The summed E-state index contributed by atoms with van der Waals surface area (Å²) >= 11 is 1.35. The van der Waals surface area contributed by atoms with E-state index in [0.717, 1.165) is 30.7 Å². The van der Waals surface area contributed by atoms with E-state index in [0.29, 0.717) is 10.6 Å². The van der Waals surface area contributed by atoms with Crippen LogP contribution in [0.3, 0.4) is 0 Å². The Balaban J connectivity index is 1.82. The van der Waals surface area contributed by atoms with Gasteiger partial charge in [-0.25, -0.2) is 22.7 Å². The van der Waals surface area contributed by atoms with Crippen LogP contribution in [0.2, 0.25) is 0 Å². The number of aromatic nitrogens is 2. The van der Waals surface area contributed by atoms with Crippen molar-refractivity contribution in [1.82, 2.24) is 20.2 Å². The van der Waals surface area contributed by atoms with Crippen molar-refractivity contribution in [2.75, 3.05) is 5.32 Å². The smallest absolute Gasteiger partial charge is 0.411 e. The molecule has 13 heteroatoms. The largest absolute Gasteiger partial charge is 0.447 e. The lowest BCUT2D eigenvalue weighted by Crippen LogP contribution is -2.40.